The Kier molecular flexibility index (Phi) is 4.11. The number of carbonyl (C=O) groups excluding carboxylic acids is 1. The minimum Gasteiger partial charge on any atom is -0.467 e. The van der Waals surface area contributed by atoms with Gasteiger partial charge in [-0.2, -0.15) is 4.68 Å². The Morgan fingerprint density at radius 1 is 1.38 bits per heavy atom. The van der Waals surface area contributed by atoms with E-state index >= 15 is 0 Å². The van der Waals surface area contributed by atoms with Gasteiger partial charge in [0, 0.05) is 0 Å². The SMILES string of the molecule is CC[C@@H](C(=O)OC)n1cnc2c(nnn2-c2cccc(C)c2)c1=O. The van der Waals surface area contributed by atoms with E-state index in [0.717, 1.165) is 11.3 Å². The molecule has 0 aliphatic heterocycles. The standard InChI is InChI=1S/C16H17N5O3/c1-4-12(16(23)24-3)20-9-17-14-13(15(20)22)18-19-21(14)11-7-5-6-10(2)8-11/h5-9,12H,4H2,1-3H3/t12-/m0/s1. The molecule has 1 atom stereocenters. The fraction of sp³-hybridized carbons (Fsp3) is 0.312. The van der Waals surface area contributed by atoms with Crippen LogP contribution >= 0.6 is 0 Å². The predicted octanol–water partition coefficient (Wildman–Crippen LogP) is 1.41. The van der Waals surface area contributed by atoms with Crippen molar-refractivity contribution in [3.63, 3.8) is 0 Å². The van der Waals surface area contributed by atoms with E-state index in [4.69, 9.17) is 4.74 Å². The Labute approximate surface area is 137 Å². The third-order valence-electron chi connectivity index (χ3n) is 3.83. The Morgan fingerprint density at radius 3 is 2.83 bits per heavy atom. The lowest BCUT2D eigenvalue weighted by Gasteiger charge is -2.14. The Bertz CT molecular complexity index is 960. The number of hydrogen-bond acceptors (Lipinski definition) is 6. The fourth-order valence-corrected chi connectivity index (χ4v) is 2.59. The number of nitrogens with zero attached hydrogens (tertiary/aromatic N) is 5. The molecular weight excluding hydrogens is 310 g/mol. The first-order chi connectivity index (χ1) is 11.6. The number of hydrogen-bond donors (Lipinski definition) is 0. The van der Waals surface area contributed by atoms with Crippen LogP contribution in [-0.4, -0.2) is 37.6 Å². The molecule has 0 radical (unpaired) electrons. The van der Waals surface area contributed by atoms with Crippen molar-refractivity contribution in [1.82, 2.24) is 24.5 Å². The molecular formula is C16H17N5O3. The van der Waals surface area contributed by atoms with Crippen molar-refractivity contribution in [1.29, 1.82) is 0 Å². The maximum absolute atomic E-state index is 12.7. The zero-order valence-corrected chi connectivity index (χ0v) is 13.6. The van der Waals surface area contributed by atoms with Crippen molar-refractivity contribution in [3.8, 4) is 5.69 Å². The fourth-order valence-electron chi connectivity index (χ4n) is 2.59. The number of ether oxygens (including phenoxy) is 1. The summed E-state index contributed by atoms with van der Waals surface area (Å²) in [5, 5.41) is 7.99. The summed E-state index contributed by atoms with van der Waals surface area (Å²) in [5.74, 6) is -0.494. The van der Waals surface area contributed by atoms with Crippen LogP contribution in [0.4, 0.5) is 0 Å². The minimum absolute atomic E-state index is 0.112. The van der Waals surface area contributed by atoms with E-state index in [-0.39, 0.29) is 5.52 Å². The van der Waals surface area contributed by atoms with E-state index in [1.165, 1.54) is 22.7 Å². The van der Waals surface area contributed by atoms with Crippen LogP contribution in [0.3, 0.4) is 0 Å². The van der Waals surface area contributed by atoms with Gasteiger partial charge in [-0.15, -0.1) is 5.10 Å². The van der Waals surface area contributed by atoms with Crippen LogP contribution in [0.1, 0.15) is 24.9 Å². The quantitative estimate of drug-likeness (QED) is 0.673. The molecule has 0 aliphatic carbocycles. The van der Waals surface area contributed by atoms with Crippen LogP contribution in [0.15, 0.2) is 35.4 Å². The Hall–Kier alpha value is -3.03. The van der Waals surface area contributed by atoms with Gasteiger partial charge in [0.05, 0.1) is 12.8 Å². The number of carbonyl (C=O) groups is 1. The molecule has 0 spiro atoms. The largest absolute Gasteiger partial charge is 0.467 e. The first-order valence-corrected chi connectivity index (χ1v) is 7.54. The highest BCUT2D eigenvalue weighted by Gasteiger charge is 2.23. The van der Waals surface area contributed by atoms with Gasteiger partial charge in [0.2, 0.25) is 0 Å². The minimum atomic E-state index is -0.733. The number of fused-ring (bicyclic) bond motifs is 1. The van der Waals surface area contributed by atoms with E-state index < -0.39 is 17.6 Å². The lowest BCUT2D eigenvalue weighted by atomic mass is 10.2. The topological polar surface area (TPSA) is 91.9 Å². The summed E-state index contributed by atoms with van der Waals surface area (Å²) >= 11 is 0. The van der Waals surface area contributed by atoms with Gasteiger partial charge in [0.1, 0.15) is 12.4 Å². The molecule has 1 aromatic carbocycles. The molecule has 0 amide bonds. The number of benzene rings is 1. The van der Waals surface area contributed by atoms with Crippen molar-refractivity contribution in [3.05, 3.63) is 46.5 Å². The second-order valence-electron chi connectivity index (χ2n) is 5.42. The molecule has 0 aliphatic rings. The summed E-state index contributed by atoms with van der Waals surface area (Å²) in [7, 11) is 1.29. The van der Waals surface area contributed by atoms with Crippen molar-refractivity contribution in [2.75, 3.05) is 7.11 Å². The molecule has 0 fully saturated rings. The van der Waals surface area contributed by atoms with Crippen LogP contribution in [0, 0.1) is 6.92 Å². The highest BCUT2D eigenvalue weighted by atomic mass is 16.5. The van der Waals surface area contributed by atoms with Gasteiger partial charge in [-0.05, 0) is 31.0 Å². The molecule has 2 heterocycles. The maximum Gasteiger partial charge on any atom is 0.329 e. The number of rotatable bonds is 4. The molecule has 0 unspecified atom stereocenters. The average Bonchev–Trinajstić information content (AvgIpc) is 3.02. The third kappa shape index (κ3) is 2.55. The summed E-state index contributed by atoms with van der Waals surface area (Å²) in [6.07, 6.45) is 1.75. The van der Waals surface area contributed by atoms with Crippen LogP contribution in [0.25, 0.3) is 16.9 Å². The second kappa shape index (κ2) is 6.23. The van der Waals surface area contributed by atoms with Crippen molar-refractivity contribution < 1.29 is 9.53 Å². The maximum atomic E-state index is 12.7. The molecule has 124 valence electrons. The van der Waals surface area contributed by atoms with Crippen molar-refractivity contribution >= 4 is 17.1 Å². The number of esters is 1. The van der Waals surface area contributed by atoms with Gasteiger partial charge in [-0.25, -0.2) is 9.78 Å². The average molecular weight is 327 g/mol. The first-order valence-electron chi connectivity index (χ1n) is 7.54. The van der Waals surface area contributed by atoms with Crippen LogP contribution in [0.2, 0.25) is 0 Å². The van der Waals surface area contributed by atoms with Gasteiger partial charge in [-0.1, -0.05) is 24.3 Å². The van der Waals surface area contributed by atoms with Crippen LogP contribution in [-0.2, 0) is 9.53 Å². The number of aryl methyl sites for hydroxylation is 1. The lowest BCUT2D eigenvalue weighted by Crippen LogP contribution is -2.30. The summed E-state index contributed by atoms with van der Waals surface area (Å²) in [6.45, 7) is 3.76. The molecule has 3 aromatic rings. The summed E-state index contributed by atoms with van der Waals surface area (Å²) < 4.78 is 7.49. The Morgan fingerprint density at radius 2 is 2.17 bits per heavy atom. The summed E-state index contributed by atoms with van der Waals surface area (Å²) in [4.78, 5) is 28.8. The number of aromatic nitrogens is 5. The van der Waals surface area contributed by atoms with Gasteiger partial charge in [0.15, 0.2) is 11.2 Å². The monoisotopic (exact) mass is 327 g/mol. The normalized spacial score (nSPS) is 12.3. The second-order valence-corrected chi connectivity index (χ2v) is 5.42. The summed E-state index contributed by atoms with van der Waals surface area (Å²) in [5.41, 5.74) is 1.86. The van der Waals surface area contributed by atoms with E-state index in [2.05, 4.69) is 15.3 Å². The molecule has 24 heavy (non-hydrogen) atoms. The van der Waals surface area contributed by atoms with Crippen LogP contribution in [0.5, 0.6) is 0 Å². The smallest absolute Gasteiger partial charge is 0.329 e. The summed E-state index contributed by atoms with van der Waals surface area (Å²) in [6, 6.07) is 6.90. The highest BCUT2D eigenvalue weighted by molar-refractivity contribution is 5.75. The molecule has 0 saturated carbocycles. The van der Waals surface area contributed by atoms with E-state index in [1.807, 2.05) is 31.2 Å². The molecule has 8 heteroatoms. The zero-order chi connectivity index (χ0) is 17.3. The first kappa shape index (κ1) is 15.9. The van der Waals surface area contributed by atoms with Gasteiger partial charge < -0.3 is 4.74 Å². The van der Waals surface area contributed by atoms with Crippen LogP contribution < -0.4 is 5.56 Å². The van der Waals surface area contributed by atoms with E-state index in [1.54, 1.807) is 6.92 Å². The molecule has 0 bridgehead atoms. The van der Waals surface area contributed by atoms with Crippen molar-refractivity contribution in [2.45, 2.75) is 26.3 Å². The lowest BCUT2D eigenvalue weighted by molar-refractivity contribution is -0.144. The molecule has 0 N–H and O–H groups in total. The van der Waals surface area contributed by atoms with Gasteiger partial charge in [0.25, 0.3) is 5.56 Å². The zero-order valence-electron chi connectivity index (χ0n) is 13.6. The Balaban J connectivity index is 2.16. The molecule has 8 nitrogen and oxygen atoms in total. The molecule has 2 aromatic heterocycles. The van der Waals surface area contributed by atoms with Gasteiger partial charge >= 0.3 is 5.97 Å². The van der Waals surface area contributed by atoms with Crippen molar-refractivity contribution in [2.24, 2.45) is 0 Å². The van der Waals surface area contributed by atoms with Gasteiger partial charge in [-0.3, -0.25) is 9.36 Å². The number of methoxy groups -OCH3 is 1. The molecule has 0 saturated heterocycles. The highest BCUT2D eigenvalue weighted by Crippen LogP contribution is 2.15. The third-order valence-corrected chi connectivity index (χ3v) is 3.83. The molecule has 3 rings (SSSR count). The predicted molar refractivity (Wildman–Crippen MR) is 87.0 cm³/mol. The van der Waals surface area contributed by atoms with E-state index in [0.29, 0.717) is 12.1 Å². The van der Waals surface area contributed by atoms with E-state index in [9.17, 15) is 9.59 Å².